The van der Waals surface area contributed by atoms with Gasteiger partial charge < -0.3 is 9.52 Å². The molecule has 5 nitrogen and oxygen atoms in total. The summed E-state index contributed by atoms with van der Waals surface area (Å²) < 4.78 is 9.58. The molecule has 0 fully saturated rings. The third-order valence-electron chi connectivity index (χ3n) is 18.2. The van der Waals surface area contributed by atoms with E-state index in [1.807, 2.05) is 6.07 Å². The first kappa shape index (κ1) is 53.4. The molecule has 0 unspecified atom stereocenters. The lowest BCUT2D eigenvalue weighted by atomic mass is 9.79. The summed E-state index contributed by atoms with van der Waals surface area (Å²) in [4.78, 5) is 11.7. The number of para-hydroxylation sites is 2. The van der Waals surface area contributed by atoms with Crippen LogP contribution < -0.4 is 0 Å². The van der Waals surface area contributed by atoms with Crippen molar-refractivity contribution in [3.63, 3.8) is 0 Å². The number of aryl methyl sites for hydroxylation is 10. The topological polar surface area (TPSA) is 64.1 Å². The van der Waals surface area contributed by atoms with Crippen LogP contribution in [0.2, 0.25) is 0 Å². The van der Waals surface area contributed by atoms with Gasteiger partial charge in [0.25, 0.3) is 0 Å². The van der Waals surface area contributed by atoms with Gasteiger partial charge in [-0.05, 0) is 221 Å². The molecule has 15 rings (SSSR count). The Morgan fingerprint density at radius 2 is 0.920 bits per heavy atom. The van der Waals surface area contributed by atoms with Crippen LogP contribution in [0.25, 0.3) is 139 Å². The van der Waals surface area contributed by atoms with Crippen molar-refractivity contribution < 1.29 is 9.52 Å². The van der Waals surface area contributed by atoms with Gasteiger partial charge in [-0.15, -0.1) is 0 Å². The maximum atomic E-state index is 11.6. The fraction of sp³-hybridized carbons (Fsp3) is 0.122. The number of phenolic OH excluding ortho intramolecular Hbond substituents is 1. The van der Waals surface area contributed by atoms with Crippen molar-refractivity contribution in [3.8, 4) is 112 Å². The molecule has 3 aromatic heterocycles. The Balaban J connectivity index is 1.15. The molecule has 1 aliphatic rings. The molecule has 0 aliphatic heterocycles. The van der Waals surface area contributed by atoms with E-state index in [1.54, 1.807) is 6.07 Å². The zero-order valence-corrected chi connectivity index (χ0v) is 50.4. The van der Waals surface area contributed by atoms with Crippen molar-refractivity contribution in [3.05, 3.63) is 274 Å². The molecule has 0 bridgehead atoms. The highest BCUT2D eigenvalue weighted by molar-refractivity contribution is 6.18. The Morgan fingerprint density at radius 1 is 0.379 bits per heavy atom. The molecule has 1 N–H and O–H groups in total. The van der Waals surface area contributed by atoms with Crippen LogP contribution in [-0.4, -0.2) is 19.6 Å². The fourth-order valence-electron chi connectivity index (χ4n) is 14.8. The second-order valence-electron chi connectivity index (χ2n) is 24.1. The average molecular weight is 1120 g/mol. The highest BCUT2D eigenvalue weighted by Crippen LogP contribution is 2.53. The third kappa shape index (κ3) is 8.82. The van der Waals surface area contributed by atoms with E-state index in [2.05, 4.69) is 266 Å². The minimum Gasteiger partial charge on any atom is -0.507 e. The second kappa shape index (κ2) is 21.0. The minimum atomic E-state index is 0.238. The number of imidazole rings is 1. The Bertz CT molecular complexity index is 4940. The normalized spacial score (nSPS) is 12.1. The number of rotatable bonds is 9. The maximum absolute atomic E-state index is 11.6. The molecular weight excluding hydrogens is 1060 g/mol. The van der Waals surface area contributed by atoms with Crippen molar-refractivity contribution in [1.29, 1.82) is 0 Å². The summed E-state index contributed by atoms with van der Waals surface area (Å²) in [5.41, 5.74) is 34.0. The molecule has 87 heavy (non-hydrogen) atoms. The van der Waals surface area contributed by atoms with Gasteiger partial charge >= 0.3 is 0 Å². The van der Waals surface area contributed by atoms with Gasteiger partial charge in [0.2, 0.25) is 0 Å². The molecule has 14 aromatic rings. The van der Waals surface area contributed by atoms with Gasteiger partial charge in [-0.25, -0.2) is 9.97 Å². The molecule has 0 saturated carbocycles. The molecule has 0 spiro atoms. The summed E-state index contributed by atoms with van der Waals surface area (Å²) in [6.45, 7) is 17.8. The first-order valence-electron chi connectivity index (χ1n) is 30.3. The zero-order chi connectivity index (χ0) is 59.4. The van der Waals surface area contributed by atoms with Crippen LogP contribution in [0.5, 0.6) is 5.75 Å². The first-order valence-corrected chi connectivity index (χ1v) is 30.3. The van der Waals surface area contributed by atoms with Crippen molar-refractivity contribution >= 4 is 33.0 Å². The molecule has 3 heterocycles. The number of benzene rings is 11. The molecule has 0 saturated heterocycles. The van der Waals surface area contributed by atoms with Gasteiger partial charge in [-0.1, -0.05) is 193 Å². The van der Waals surface area contributed by atoms with Crippen molar-refractivity contribution in [1.82, 2.24) is 14.5 Å². The molecule has 5 heteroatoms. The zero-order valence-electron chi connectivity index (χ0n) is 50.4. The summed E-state index contributed by atoms with van der Waals surface area (Å²) in [5.74, 6) is 0.947. The van der Waals surface area contributed by atoms with Crippen LogP contribution in [0.1, 0.15) is 55.6 Å². The SMILES string of the molecule is Cc1cc(C)c(-c2cccc(-c3c(C)cc(C)cc3C)c2-c2ccc3c(nc(-c4ccc5c(n4)-c4c(O)cccc4CC5)n3-c3c(C)cccc3C)c2-c2cc(-c3c(-c4ccccc4)cccc3-c3ccccc3)c3c(c2)oc2ccccc23)c(C)c1. The van der Waals surface area contributed by atoms with Gasteiger partial charge in [0.05, 0.1) is 22.4 Å². The van der Waals surface area contributed by atoms with Crippen LogP contribution in [0.4, 0.5) is 0 Å². The number of aromatic nitrogens is 3. The Labute approximate surface area is 508 Å². The van der Waals surface area contributed by atoms with E-state index in [0.29, 0.717) is 11.5 Å². The van der Waals surface area contributed by atoms with Crippen LogP contribution in [-0.2, 0) is 12.8 Å². The van der Waals surface area contributed by atoms with Crippen LogP contribution in [0.15, 0.2) is 223 Å². The Kier molecular flexibility index (Phi) is 12.9. The van der Waals surface area contributed by atoms with Gasteiger partial charge in [0, 0.05) is 21.9 Å². The fourth-order valence-corrected chi connectivity index (χ4v) is 14.8. The highest BCUT2D eigenvalue weighted by atomic mass is 16.3. The van der Waals surface area contributed by atoms with Gasteiger partial charge in [-0.2, -0.15) is 0 Å². The smallest absolute Gasteiger partial charge is 0.164 e. The second-order valence-corrected chi connectivity index (χ2v) is 24.1. The largest absolute Gasteiger partial charge is 0.507 e. The number of hydrogen-bond acceptors (Lipinski definition) is 4. The van der Waals surface area contributed by atoms with Crippen molar-refractivity contribution in [2.45, 2.75) is 68.2 Å². The maximum Gasteiger partial charge on any atom is 0.164 e. The molecule has 0 radical (unpaired) electrons. The standard InChI is InChI=1S/C82H65N3O2/c1-47-41-51(5)72(52(6)42-47)63-31-20-32-64(73-53(7)43-48(2)44-54(73)8)77(63)65-38-40-68-80(84-82(85(68)81-49(3)21-17-22-50(81)4)67-39-37-58-36-35-57-27-18-33-69(86)75(57)79(58)83-67)74(65)59-45-66(78-62-28-15-16-34-70(62)87-71(78)46-59)76-60(55-23-11-9-12-24-55)29-19-30-61(76)56-25-13-10-14-26-56/h9-34,37-46,86H,35-36H2,1-8H3. The lowest BCUT2D eigenvalue weighted by Gasteiger charge is -2.24. The number of phenols is 1. The average Bonchev–Trinajstić information content (AvgIpc) is 1.69. The third-order valence-corrected chi connectivity index (χ3v) is 18.2. The van der Waals surface area contributed by atoms with Gasteiger partial charge in [-0.3, -0.25) is 4.57 Å². The number of pyridine rings is 1. The molecule has 1 aliphatic carbocycles. The molecule has 420 valence electrons. The van der Waals surface area contributed by atoms with E-state index < -0.39 is 0 Å². The van der Waals surface area contributed by atoms with Crippen LogP contribution in [0.3, 0.4) is 0 Å². The van der Waals surface area contributed by atoms with E-state index in [9.17, 15) is 5.11 Å². The predicted octanol–water partition coefficient (Wildman–Crippen LogP) is 21.6. The van der Waals surface area contributed by atoms with E-state index in [-0.39, 0.29) is 5.75 Å². The Morgan fingerprint density at radius 3 is 1.55 bits per heavy atom. The van der Waals surface area contributed by atoms with E-state index >= 15 is 0 Å². The lowest BCUT2D eigenvalue weighted by Crippen LogP contribution is -2.08. The van der Waals surface area contributed by atoms with Crippen molar-refractivity contribution in [2.24, 2.45) is 0 Å². The van der Waals surface area contributed by atoms with Gasteiger partial charge in [0.1, 0.15) is 22.6 Å². The van der Waals surface area contributed by atoms with E-state index in [0.717, 1.165) is 152 Å². The van der Waals surface area contributed by atoms with E-state index in [4.69, 9.17) is 14.4 Å². The number of fused-ring (bicyclic) bond motifs is 7. The van der Waals surface area contributed by atoms with Crippen LogP contribution >= 0.6 is 0 Å². The summed E-state index contributed by atoms with van der Waals surface area (Å²) in [7, 11) is 0. The summed E-state index contributed by atoms with van der Waals surface area (Å²) in [6, 6.07) is 79.1. The quantitative estimate of drug-likeness (QED) is 0.156. The predicted molar refractivity (Wildman–Crippen MR) is 362 cm³/mol. The van der Waals surface area contributed by atoms with Crippen molar-refractivity contribution in [2.75, 3.05) is 0 Å². The summed E-state index contributed by atoms with van der Waals surface area (Å²) >= 11 is 0. The van der Waals surface area contributed by atoms with E-state index in [1.165, 1.54) is 44.5 Å². The highest BCUT2D eigenvalue weighted by Gasteiger charge is 2.31. The summed E-state index contributed by atoms with van der Waals surface area (Å²) in [5, 5.41) is 13.7. The number of aromatic hydroxyl groups is 1. The molecular formula is C82H65N3O2. The number of nitrogens with zero attached hydrogens (tertiary/aromatic N) is 3. The lowest BCUT2D eigenvalue weighted by molar-refractivity contribution is 0.476. The number of hydrogen-bond donors (Lipinski definition) is 1. The van der Waals surface area contributed by atoms with Gasteiger partial charge in [0.15, 0.2) is 5.82 Å². The van der Waals surface area contributed by atoms with Crippen LogP contribution in [0, 0.1) is 55.4 Å². The number of furan rings is 1. The summed E-state index contributed by atoms with van der Waals surface area (Å²) in [6.07, 6.45) is 1.66. The Hall–Kier alpha value is -10.4. The molecule has 0 amide bonds. The minimum absolute atomic E-state index is 0.238. The molecule has 0 atom stereocenters. The monoisotopic (exact) mass is 1120 g/mol. The molecule has 11 aromatic carbocycles. The first-order chi connectivity index (χ1) is 42.4.